The maximum Gasteiger partial charge on any atom is 0.254 e. The molecule has 0 radical (unpaired) electrons. The first-order chi connectivity index (χ1) is 17.5. The molecule has 5 rings (SSSR count). The molecule has 0 saturated heterocycles. The number of methoxy groups -OCH3 is 1. The van der Waals surface area contributed by atoms with E-state index in [1.54, 1.807) is 23.3 Å². The SMILES string of the molecule is COc1ccccc1OC[C@H]1c2ccsc2CCN1C(=O)CN(CC1CC1)C(=O)c1ccc(F)cc1. The number of carbonyl (C=O) groups excluding carboxylic acids is 2. The number of amides is 2. The number of thiophene rings is 1. The van der Waals surface area contributed by atoms with Crippen molar-refractivity contribution in [1.29, 1.82) is 0 Å². The number of halogens is 1. The zero-order chi connectivity index (χ0) is 25.1. The lowest BCUT2D eigenvalue weighted by molar-refractivity contribution is -0.135. The van der Waals surface area contributed by atoms with Gasteiger partial charge in [-0.3, -0.25) is 9.59 Å². The smallest absolute Gasteiger partial charge is 0.254 e. The van der Waals surface area contributed by atoms with Crippen LogP contribution >= 0.6 is 11.3 Å². The zero-order valence-electron chi connectivity index (χ0n) is 20.2. The summed E-state index contributed by atoms with van der Waals surface area (Å²) in [7, 11) is 1.60. The lowest BCUT2D eigenvalue weighted by atomic mass is 10.00. The first-order valence-corrected chi connectivity index (χ1v) is 13.1. The van der Waals surface area contributed by atoms with Gasteiger partial charge in [0.1, 0.15) is 19.0 Å². The molecule has 0 spiro atoms. The highest BCUT2D eigenvalue weighted by molar-refractivity contribution is 7.10. The minimum absolute atomic E-state index is 0.0165. The van der Waals surface area contributed by atoms with Crippen molar-refractivity contribution >= 4 is 23.2 Å². The second kappa shape index (κ2) is 10.7. The normalized spacial score (nSPS) is 16.8. The number of hydrogen-bond acceptors (Lipinski definition) is 5. The van der Waals surface area contributed by atoms with Gasteiger partial charge in [0.15, 0.2) is 11.5 Å². The Morgan fingerprint density at radius 3 is 2.56 bits per heavy atom. The molecule has 0 bridgehead atoms. The third-order valence-corrected chi connectivity index (χ3v) is 7.76. The maximum absolute atomic E-state index is 13.7. The molecule has 2 amide bonds. The Bertz CT molecular complexity index is 1220. The van der Waals surface area contributed by atoms with Crippen LogP contribution < -0.4 is 9.47 Å². The van der Waals surface area contributed by atoms with Crippen LogP contribution in [0.2, 0.25) is 0 Å². The van der Waals surface area contributed by atoms with Gasteiger partial charge in [0.25, 0.3) is 5.91 Å². The molecule has 0 N–H and O–H groups in total. The fourth-order valence-corrected chi connectivity index (χ4v) is 5.57. The topological polar surface area (TPSA) is 59.1 Å². The van der Waals surface area contributed by atoms with Crippen molar-refractivity contribution in [2.75, 3.05) is 33.4 Å². The minimum atomic E-state index is -0.394. The van der Waals surface area contributed by atoms with Crippen molar-refractivity contribution in [2.24, 2.45) is 5.92 Å². The second-order valence-corrected chi connectivity index (χ2v) is 10.3. The number of rotatable bonds is 9. The second-order valence-electron chi connectivity index (χ2n) is 9.25. The number of ether oxygens (including phenoxy) is 2. The monoisotopic (exact) mass is 508 g/mol. The number of fused-ring (bicyclic) bond motifs is 1. The number of para-hydroxylation sites is 2. The molecule has 1 fully saturated rings. The molecule has 1 aliphatic carbocycles. The highest BCUT2D eigenvalue weighted by atomic mass is 32.1. The van der Waals surface area contributed by atoms with Crippen LogP contribution in [-0.2, 0) is 11.2 Å². The molecule has 2 aromatic carbocycles. The number of benzene rings is 2. The summed E-state index contributed by atoms with van der Waals surface area (Å²) >= 11 is 1.69. The Morgan fingerprint density at radius 2 is 1.83 bits per heavy atom. The molecule has 1 aromatic heterocycles. The summed E-state index contributed by atoms with van der Waals surface area (Å²) in [6, 6.07) is 14.8. The van der Waals surface area contributed by atoms with Crippen LogP contribution in [0.5, 0.6) is 11.5 Å². The average Bonchev–Trinajstić information content (AvgIpc) is 3.59. The molecule has 1 saturated carbocycles. The summed E-state index contributed by atoms with van der Waals surface area (Å²) in [6.07, 6.45) is 2.88. The van der Waals surface area contributed by atoms with Crippen molar-refractivity contribution in [3.8, 4) is 11.5 Å². The molecule has 0 unspecified atom stereocenters. The molecule has 36 heavy (non-hydrogen) atoms. The molecule has 2 aliphatic rings. The van der Waals surface area contributed by atoms with E-state index in [0.29, 0.717) is 36.1 Å². The van der Waals surface area contributed by atoms with Crippen LogP contribution in [0.3, 0.4) is 0 Å². The van der Waals surface area contributed by atoms with E-state index in [0.717, 1.165) is 24.8 Å². The van der Waals surface area contributed by atoms with Crippen molar-refractivity contribution in [2.45, 2.75) is 25.3 Å². The molecule has 188 valence electrons. The first kappa shape index (κ1) is 24.3. The molecule has 1 atom stereocenters. The van der Waals surface area contributed by atoms with Crippen molar-refractivity contribution in [3.05, 3.63) is 81.8 Å². The summed E-state index contributed by atoms with van der Waals surface area (Å²) in [6.45, 7) is 1.36. The van der Waals surface area contributed by atoms with Gasteiger partial charge in [-0.05, 0) is 78.6 Å². The van der Waals surface area contributed by atoms with Crippen LogP contribution in [0, 0.1) is 11.7 Å². The van der Waals surface area contributed by atoms with E-state index in [4.69, 9.17) is 9.47 Å². The van der Waals surface area contributed by atoms with Gasteiger partial charge in [0, 0.05) is 23.5 Å². The van der Waals surface area contributed by atoms with Crippen LogP contribution in [0.4, 0.5) is 4.39 Å². The third-order valence-electron chi connectivity index (χ3n) is 6.76. The quantitative estimate of drug-likeness (QED) is 0.410. The predicted molar refractivity (Wildman–Crippen MR) is 136 cm³/mol. The fraction of sp³-hybridized carbons (Fsp3) is 0.357. The van der Waals surface area contributed by atoms with E-state index in [9.17, 15) is 14.0 Å². The summed E-state index contributed by atoms with van der Waals surface area (Å²) < 4.78 is 25.0. The Labute approximate surface area is 214 Å². The highest BCUT2D eigenvalue weighted by Crippen LogP contribution is 2.36. The first-order valence-electron chi connectivity index (χ1n) is 12.2. The minimum Gasteiger partial charge on any atom is -0.493 e. The highest BCUT2D eigenvalue weighted by Gasteiger charge is 2.35. The Morgan fingerprint density at radius 1 is 1.08 bits per heavy atom. The van der Waals surface area contributed by atoms with Crippen LogP contribution in [0.15, 0.2) is 60.0 Å². The van der Waals surface area contributed by atoms with Gasteiger partial charge < -0.3 is 19.3 Å². The van der Waals surface area contributed by atoms with Gasteiger partial charge in [0.05, 0.1) is 13.2 Å². The van der Waals surface area contributed by atoms with E-state index < -0.39 is 5.82 Å². The Kier molecular flexibility index (Phi) is 7.23. The summed E-state index contributed by atoms with van der Waals surface area (Å²) in [5, 5.41) is 2.05. The number of hydrogen-bond donors (Lipinski definition) is 0. The lowest BCUT2D eigenvalue weighted by Crippen LogP contribution is -2.48. The van der Waals surface area contributed by atoms with Crippen molar-refractivity contribution < 1.29 is 23.5 Å². The van der Waals surface area contributed by atoms with Crippen LogP contribution in [0.1, 0.15) is 39.7 Å². The predicted octanol–water partition coefficient (Wildman–Crippen LogP) is 4.95. The lowest BCUT2D eigenvalue weighted by Gasteiger charge is -2.37. The van der Waals surface area contributed by atoms with Gasteiger partial charge in [0.2, 0.25) is 5.91 Å². The van der Waals surface area contributed by atoms with Crippen LogP contribution in [0.25, 0.3) is 0 Å². The fourth-order valence-electron chi connectivity index (χ4n) is 4.64. The molecule has 6 nitrogen and oxygen atoms in total. The van der Waals surface area contributed by atoms with E-state index in [2.05, 4.69) is 6.07 Å². The van der Waals surface area contributed by atoms with E-state index >= 15 is 0 Å². The van der Waals surface area contributed by atoms with Gasteiger partial charge in [-0.25, -0.2) is 4.39 Å². The van der Waals surface area contributed by atoms with Gasteiger partial charge in [-0.2, -0.15) is 0 Å². The largest absolute Gasteiger partial charge is 0.493 e. The van der Waals surface area contributed by atoms with Gasteiger partial charge in [-0.15, -0.1) is 11.3 Å². The van der Waals surface area contributed by atoms with Gasteiger partial charge >= 0.3 is 0 Å². The summed E-state index contributed by atoms with van der Waals surface area (Å²) in [5.74, 6) is 0.918. The molecule has 1 aliphatic heterocycles. The zero-order valence-corrected chi connectivity index (χ0v) is 21.0. The van der Waals surface area contributed by atoms with Gasteiger partial charge in [-0.1, -0.05) is 12.1 Å². The standard InChI is InChI=1S/C28H29FN2O4S/c1-34-24-4-2-3-5-25(24)35-18-23-22-13-15-36-26(22)12-14-31(23)27(32)17-30(16-19-6-7-19)28(33)20-8-10-21(29)11-9-20/h2-5,8-11,13,15,19,23H,6-7,12,14,16-18H2,1H3/t23-/m0/s1. The molecular weight excluding hydrogens is 479 g/mol. The molecular formula is C28H29FN2O4S. The summed E-state index contributed by atoms with van der Waals surface area (Å²) in [4.78, 5) is 31.6. The third kappa shape index (κ3) is 5.38. The van der Waals surface area contributed by atoms with Crippen LogP contribution in [-0.4, -0.2) is 55.0 Å². The average molecular weight is 509 g/mol. The van der Waals surface area contributed by atoms with E-state index in [1.165, 1.54) is 29.1 Å². The van der Waals surface area contributed by atoms with Crippen molar-refractivity contribution in [1.82, 2.24) is 9.80 Å². The van der Waals surface area contributed by atoms with Crippen molar-refractivity contribution in [3.63, 3.8) is 0 Å². The van der Waals surface area contributed by atoms with E-state index in [-0.39, 0.29) is 31.0 Å². The number of carbonyl (C=O) groups is 2. The number of nitrogens with zero attached hydrogens (tertiary/aromatic N) is 2. The summed E-state index contributed by atoms with van der Waals surface area (Å²) in [5.41, 5.74) is 1.48. The Balaban J connectivity index is 1.34. The van der Waals surface area contributed by atoms with E-state index in [1.807, 2.05) is 34.5 Å². The Hall–Kier alpha value is -3.39. The maximum atomic E-state index is 13.7. The molecule has 8 heteroatoms. The molecule has 3 aromatic rings. The molecule has 2 heterocycles.